The molecule has 0 heterocycles. The van der Waals surface area contributed by atoms with E-state index in [-0.39, 0.29) is 0 Å². The van der Waals surface area contributed by atoms with Crippen molar-refractivity contribution in [3.63, 3.8) is 0 Å². The highest BCUT2D eigenvalue weighted by Gasteiger charge is 2.97. The first-order chi connectivity index (χ1) is 4.00. The molecule has 8 rings (SSSR count). The molecule has 0 aromatic rings. The summed E-state index contributed by atoms with van der Waals surface area (Å²) in [5.41, 5.74) is 0. The van der Waals surface area contributed by atoms with E-state index in [1.54, 1.807) is 0 Å². The lowest BCUT2D eigenvalue weighted by Crippen LogP contribution is -1.00. The molecule has 0 bridgehead atoms. The monoisotopic (exact) mass is 104 g/mol. The maximum Gasteiger partial charge on any atom is -0.0312 e. The van der Waals surface area contributed by atoms with E-state index in [4.69, 9.17) is 0 Å². The first-order valence-corrected chi connectivity index (χ1v) is 4.00. The van der Waals surface area contributed by atoms with Gasteiger partial charge in [-0.25, -0.2) is 0 Å². The summed E-state index contributed by atoms with van der Waals surface area (Å²) in [7, 11) is 0. The van der Waals surface area contributed by atoms with Crippen LogP contribution < -0.4 is 0 Å². The predicted molar refractivity (Wildman–Crippen MR) is 27.9 cm³/mol. The molecule has 0 amide bonds. The third-order valence-corrected chi connectivity index (χ3v) is 4.21. The molecule has 8 aliphatic rings. The third kappa shape index (κ3) is 0.146. The Bertz CT molecular complexity index is 110. The fraction of sp³-hybridized carbons (Fsp3) is 1.00. The van der Waals surface area contributed by atoms with Crippen LogP contribution in [0.2, 0.25) is 0 Å². The highest BCUT2D eigenvalue weighted by atomic mass is 15.0. The van der Waals surface area contributed by atoms with Gasteiger partial charge in [0.15, 0.2) is 0 Å². The summed E-state index contributed by atoms with van der Waals surface area (Å²) in [5, 5.41) is 0. The fourth-order valence-corrected chi connectivity index (χ4v) is 2.21. The Balaban J connectivity index is 0.0000000600. The van der Waals surface area contributed by atoms with Crippen molar-refractivity contribution in [2.75, 3.05) is 0 Å². The number of hydrogen-bond acceptors (Lipinski definition) is 0. The molecule has 0 radical (unpaired) electrons. The van der Waals surface area contributed by atoms with Crippen LogP contribution in [-0.2, 0) is 0 Å². The molecule has 0 atom stereocenters. The summed E-state index contributed by atoms with van der Waals surface area (Å²) in [6.07, 6.45) is 0. The van der Waals surface area contributed by atoms with Crippen LogP contribution in [0.3, 0.4) is 0 Å². The van der Waals surface area contributed by atoms with E-state index in [0.717, 1.165) is 0 Å². The highest BCUT2D eigenvalue weighted by Crippen LogP contribution is 3.00. The Hall–Kier alpha value is 0. The van der Waals surface area contributed by atoms with Gasteiger partial charge in [-0.05, 0) is 47.3 Å². The van der Waals surface area contributed by atoms with Gasteiger partial charge in [0.25, 0.3) is 0 Å². The summed E-state index contributed by atoms with van der Waals surface area (Å²) >= 11 is 0. The molecule has 8 heavy (non-hydrogen) atoms. The van der Waals surface area contributed by atoms with Gasteiger partial charge < -0.3 is 0 Å². The molecule has 0 N–H and O–H groups in total. The molecular formula is C8H8. The van der Waals surface area contributed by atoms with Crippen LogP contribution in [0.15, 0.2) is 0 Å². The minimum Gasteiger partial charge on any atom is -0.0312 e. The summed E-state index contributed by atoms with van der Waals surface area (Å²) in [5.74, 6) is 10.7. The maximum atomic E-state index is 1.33. The van der Waals surface area contributed by atoms with Crippen LogP contribution in [0.1, 0.15) is 0 Å². The van der Waals surface area contributed by atoms with Crippen LogP contribution in [-0.4, -0.2) is 0 Å². The molecule has 0 aromatic carbocycles. The lowest BCUT2D eigenvalue weighted by Gasteiger charge is -1.03. The van der Waals surface area contributed by atoms with E-state index in [9.17, 15) is 0 Å². The largest absolute Gasteiger partial charge is 0.0312 e. The first kappa shape index (κ1) is 2.72. The Morgan fingerprint density at radius 3 is 0.375 bits per heavy atom. The Kier molecular flexibility index (Phi) is 0.149. The fourth-order valence-electron chi connectivity index (χ4n) is 2.21. The third-order valence-electron chi connectivity index (χ3n) is 4.21. The van der Waals surface area contributed by atoms with E-state index in [0.29, 0.717) is 0 Å². The van der Waals surface area contributed by atoms with Gasteiger partial charge in [-0.2, -0.15) is 0 Å². The smallest absolute Gasteiger partial charge is 0.0312 e. The van der Waals surface area contributed by atoms with Gasteiger partial charge in [0.1, 0.15) is 0 Å². The second kappa shape index (κ2) is 0.438. The van der Waals surface area contributed by atoms with E-state index < -0.39 is 0 Å². The van der Waals surface area contributed by atoms with Crippen molar-refractivity contribution < 1.29 is 0 Å². The number of rotatable bonds is 0. The second-order valence-electron chi connectivity index (χ2n) is 4.62. The zero-order valence-corrected chi connectivity index (χ0v) is 4.62. The lowest BCUT2D eigenvalue weighted by atomic mass is 11.0. The van der Waals surface area contributed by atoms with Crippen molar-refractivity contribution in [3.05, 3.63) is 0 Å². The minimum absolute atomic E-state index is 1.33. The molecular weight excluding hydrogens is 96.1 g/mol. The molecule has 0 heteroatoms. The van der Waals surface area contributed by atoms with Crippen molar-refractivity contribution >= 4 is 0 Å². The average molecular weight is 104 g/mol. The second-order valence-corrected chi connectivity index (χ2v) is 4.62. The molecule has 0 nitrogen and oxygen atoms in total. The Morgan fingerprint density at radius 1 is 0.250 bits per heavy atom. The maximum absolute atomic E-state index is 1.33. The zero-order valence-electron chi connectivity index (χ0n) is 4.62. The van der Waals surface area contributed by atoms with Gasteiger partial charge in [-0.15, -0.1) is 0 Å². The molecule has 8 aliphatic carbocycles. The van der Waals surface area contributed by atoms with Gasteiger partial charge in [0, 0.05) is 0 Å². The van der Waals surface area contributed by atoms with Crippen LogP contribution in [0.4, 0.5) is 0 Å². The summed E-state index contributed by atoms with van der Waals surface area (Å²) in [6.45, 7) is 0. The predicted octanol–water partition coefficient (Wildman–Crippen LogP) is 0.984. The van der Waals surface area contributed by atoms with Crippen LogP contribution in [0.25, 0.3) is 0 Å². The van der Waals surface area contributed by atoms with Crippen LogP contribution in [0.5, 0.6) is 0 Å². The summed E-state index contributed by atoms with van der Waals surface area (Å²) in [6, 6.07) is 0. The van der Waals surface area contributed by atoms with Crippen molar-refractivity contribution in [2.45, 2.75) is 0 Å². The topological polar surface area (TPSA) is 0 Å². The molecule has 0 aliphatic heterocycles. The molecule has 0 unspecified atom stereocenters. The van der Waals surface area contributed by atoms with Gasteiger partial charge in [-0.3, -0.25) is 0 Å². The lowest BCUT2D eigenvalue weighted by molar-refractivity contribution is 1.43. The Labute approximate surface area is 48.3 Å². The minimum atomic E-state index is 1.33. The van der Waals surface area contributed by atoms with E-state index in [1.807, 2.05) is 0 Å². The van der Waals surface area contributed by atoms with Crippen molar-refractivity contribution in [2.24, 2.45) is 47.3 Å². The first-order valence-electron chi connectivity index (χ1n) is 4.00. The van der Waals surface area contributed by atoms with Crippen LogP contribution in [0, 0.1) is 47.3 Å². The molecule has 40 valence electrons. The van der Waals surface area contributed by atoms with E-state index in [1.165, 1.54) is 47.3 Å². The highest BCUT2D eigenvalue weighted by molar-refractivity contribution is 5.44. The number of hydrogen-bond donors (Lipinski definition) is 0. The Morgan fingerprint density at radius 2 is 0.375 bits per heavy atom. The van der Waals surface area contributed by atoms with Gasteiger partial charge in [-0.1, -0.05) is 0 Å². The van der Waals surface area contributed by atoms with Crippen LogP contribution >= 0.6 is 0 Å². The van der Waals surface area contributed by atoms with Gasteiger partial charge in [0.2, 0.25) is 0 Å². The SMILES string of the molecule is C12C3C1C23.C12C3C1C23. The molecule has 0 saturated heterocycles. The normalized spacial score (nSPS) is 108. The van der Waals surface area contributed by atoms with E-state index >= 15 is 0 Å². The van der Waals surface area contributed by atoms with Crippen molar-refractivity contribution in [1.82, 2.24) is 0 Å². The van der Waals surface area contributed by atoms with Gasteiger partial charge >= 0.3 is 0 Å². The molecule has 0 aromatic heterocycles. The quantitative estimate of drug-likeness (QED) is 0.430. The summed E-state index contributed by atoms with van der Waals surface area (Å²) < 4.78 is 0. The molecule has 8 fully saturated rings. The van der Waals surface area contributed by atoms with Crippen molar-refractivity contribution in [3.8, 4) is 0 Å². The van der Waals surface area contributed by atoms with Gasteiger partial charge in [0.05, 0.1) is 0 Å². The van der Waals surface area contributed by atoms with Crippen molar-refractivity contribution in [1.29, 1.82) is 0 Å². The molecule has 0 spiro atoms. The van der Waals surface area contributed by atoms with E-state index in [2.05, 4.69) is 0 Å². The zero-order chi connectivity index (χ0) is 4.62. The standard InChI is InChI=1S/2C4H4/c2*1-2-3(1)4(1)2/h2*1-4H. The molecule has 8 saturated carbocycles. The average Bonchev–Trinajstić information content (AvgIpc) is 2.36. The summed E-state index contributed by atoms with van der Waals surface area (Å²) in [4.78, 5) is 0.